The van der Waals surface area contributed by atoms with E-state index < -0.39 is 65.0 Å². The molecule has 2 saturated heterocycles. The number of carbonyl (C=O) groups excluding carboxylic acids is 4. The van der Waals surface area contributed by atoms with Gasteiger partial charge in [0.25, 0.3) is 0 Å². The minimum absolute atomic E-state index is 0.00247. The van der Waals surface area contributed by atoms with Gasteiger partial charge in [0, 0.05) is 71.0 Å². The number of nitrogens with one attached hydrogen (secondary N) is 2. The van der Waals surface area contributed by atoms with E-state index >= 15 is 4.79 Å². The van der Waals surface area contributed by atoms with Crippen LogP contribution in [0, 0.1) is 25.2 Å². The van der Waals surface area contributed by atoms with Crippen molar-refractivity contribution in [1.82, 2.24) is 20.4 Å². The molecular formula is C61H61N5O13S2. The first kappa shape index (κ1) is 54.2. The number of hydrogen-bond acceptors (Lipinski definition) is 19. The molecule has 5 aromatic carbocycles. The lowest BCUT2D eigenvalue weighted by atomic mass is 9.71. The predicted molar refractivity (Wildman–Crippen MR) is 301 cm³/mol. The van der Waals surface area contributed by atoms with Gasteiger partial charge in [-0.1, -0.05) is 67.3 Å². The molecule has 0 saturated carbocycles. The van der Waals surface area contributed by atoms with Crippen molar-refractivity contribution in [3.8, 4) is 57.4 Å². The Hall–Kier alpha value is -7.41. The topological polar surface area (TPSA) is 217 Å². The number of hydrogen-bond donors (Lipinski definition) is 3. The molecule has 3 N–H and O–H groups in total. The highest BCUT2D eigenvalue weighted by molar-refractivity contribution is 7.99. The summed E-state index contributed by atoms with van der Waals surface area (Å²) in [6, 6.07) is 20.4. The molecule has 13 rings (SSSR count). The van der Waals surface area contributed by atoms with Crippen LogP contribution in [0.4, 0.5) is 4.79 Å². The lowest BCUT2D eigenvalue weighted by Crippen LogP contribution is -2.69. The molecule has 1 amide bonds. The van der Waals surface area contributed by atoms with Crippen molar-refractivity contribution in [3.05, 3.63) is 135 Å². The molecule has 8 atom stereocenters. The number of aryl methyl sites for hydroxylation is 1. The lowest BCUT2D eigenvalue weighted by molar-refractivity contribution is -0.157. The zero-order chi connectivity index (χ0) is 56.6. The maximum atomic E-state index is 15.4. The average Bonchev–Trinajstić information content (AvgIpc) is 4.32. The summed E-state index contributed by atoms with van der Waals surface area (Å²) in [6.45, 7) is 8.55. The van der Waals surface area contributed by atoms with E-state index in [2.05, 4.69) is 57.3 Å². The van der Waals surface area contributed by atoms with E-state index in [1.807, 2.05) is 51.2 Å². The number of methoxy groups -OCH3 is 2. The highest BCUT2D eigenvalue weighted by Gasteiger charge is 2.62. The van der Waals surface area contributed by atoms with Crippen molar-refractivity contribution in [2.45, 2.75) is 86.6 Å². The van der Waals surface area contributed by atoms with Crippen molar-refractivity contribution in [1.29, 1.82) is 5.26 Å². The number of likely N-dealkylation sites (N-methyl/N-ethyl adjacent to an activating group) is 1. The second kappa shape index (κ2) is 21.5. The number of nitriles is 1. The van der Waals surface area contributed by atoms with Gasteiger partial charge in [0.2, 0.25) is 6.79 Å². The fourth-order valence-electron chi connectivity index (χ4n) is 13.7. The Labute approximate surface area is 477 Å². The van der Waals surface area contributed by atoms with Gasteiger partial charge in [-0.05, 0) is 90.4 Å². The zero-order valence-electron chi connectivity index (χ0n) is 45.6. The second-order valence-corrected chi connectivity index (χ2v) is 23.5. The molecular weight excluding hydrogens is 1070 g/mol. The van der Waals surface area contributed by atoms with Gasteiger partial charge in [-0.3, -0.25) is 19.9 Å². The van der Waals surface area contributed by atoms with Crippen molar-refractivity contribution in [2.24, 2.45) is 0 Å². The van der Waals surface area contributed by atoms with Crippen molar-refractivity contribution in [2.75, 3.05) is 65.1 Å². The number of phenols is 1. The molecule has 0 radical (unpaired) electrons. The summed E-state index contributed by atoms with van der Waals surface area (Å²) in [4.78, 5) is 60.6. The molecule has 7 aliphatic heterocycles. The molecule has 4 bridgehead atoms. The third-order valence-corrected chi connectivity index (χ3v) is 19.7. The van der Waals surface area contributed by atoms with E-state index in [4.69, 9.17) is 37.9 Å². The number of amides is 1. The SMILES string of the molecule is C=CCOC(=O)NC(CSCC1c2ccccc2-c2ccccc21)C(=O)Oc1cc2c(cc1OC)[C@@]1(CS[C@@H]3c4c(OC(C)=O)c(C)c5c(c4[C@H](COC1=O)N1C3[C@H]3c4c(cc(C)c(OC)c4O)C[C@@H]([C@@H]1C#N)N3C)OCO5)NCC2. The first-order valence-electron chi connectivity index (χ1n) is 26.9. The summed E-state index contributed by atoms with van der Waals surface area (Å²) in [5.41, 5.74) is 8.49. The minimum atomic E-state index is -1.54. The van der Waals surface area contributed by atoms with E-state index in [0.717, 1.165) is 11.1 Å². The Morgan fingerprint density at radius 2 is 1.72 bits per heavy atom. The number of aromatic hydroxyl groups is 1. The third kappa shape index (κ3) is 8.81. The van der Waals surface area contributed by atoms with Crippen LogP contribution in [0.3, 0.4) is 0 Å². The smallest absolute Gasteiger partial charge is 0.408 e. The molecule has 1 aliphatic carbocycles. The fourth-order valence-corrected chi connectivity index (χ4v) is 16.5. The van der Waals surface area contributed by atoms with Gasteiger partial charge in [0.05, 0.1) is 37.6 Å². The predicted octanol–water partition coefficient (Wildman–Crippen LogP) is 8.01. The molecule has 2 fully saturated rings. The first-order valence-corrected chi connectivity index (χ1v) is 29.1. The summed E-state index contributed by atoms with van der Waals surface area (Å²) in [7, 11) is 4.94. The Bertz CT molecular complexity index is 3450. The molecule has 420 valence electrons. The van der Waals surface area contributed by atoms with E-state index in [-0.39, 0.29) is 66.5 Å². The number of piperazine rings is 1. The molecule has 1 spiro atoms. The van der Waals surface area contributed by atoms with E-state index in [9.17, 15) is 24.8 Å². The Morgan fingerprint density at radius 1 is 0.975 bits per heavy atom. The molecule has 5 aromatic rings. The quantitative estimate of drug-likeness (QED) is 0.0612. The second-order valence-electron chi connectivity index (χ2n) is 21.3. The zero-order valence-corrected chi connectivity index (χ0v) is 47.3. The number of nitrogens with zero attached hydrogens (tertiary/aromatic N) is 3. The molecule has 7 heterocycles. The van der Waals surface area contributed by atoms with E-state index in [1.165, 1.54) is 73.0 Å². The summed E-state index contributed by atoms with van der Waals surface area (Å²) in [5.74, 6) is 0.636. The van der Waals surface area contributed by atoms with Crippen molar-refractivity contribution < 1.29 is 62.2 Å². The van der Waals surface area contributed by atoms with Crippen LogP contribution in [0.5, 0.6) is 40.2 Å². The van der Waals surface area contributed by atoms with E-state index in [0.29, 0.717) is 75.8 Å². The van der Waals surface area contributed by atoms with Gasteiger partial charge in [-0.25, -0.2) is 14.4 Å². The van der Waals surface area contributed by atoms with Crippen LogP contribution in [0.15, 0.2) is 79.4 Å². The Kier molecular flexibility index (Phi) is 14.4. The monoisotopic (exact) mass is 1140 g/mol. The number of esters is 3. The number of thioether (sulfide) groups is 2. The summed E-state index contributed by atoms with van der Waals surface area (Å²) in [6.07, 6.45) is 1.48. The number of phenolic OH excluding ortho intramolecular Hbond substituents is 1. The standard InChI is InChI=1S/C61H61N5O13S2/c1-8-19-74-60(71)64-41(27-80-26-39-37-15-11-9-13-35(37)36-14-10-12-16-38(36)39)58(69)79-46-22-33-17-18-63-61(40(33)23-45(46)72-6)28-81-57-49-48(56-55(76-29-77-56)31(3)54(49)78-32(4)67)44(25-75-59(61)70)66-43(24-62)42-21-34-20-30(2)53(73-7)52(68)47(34)50(51(57)66)65(42)5/h8-16,20,22-23,39,41-44,50-51,57,63,68H,1,17-19,21,25-29H2,2-7H3,(H,64,71)/t41?,42-,43-,44-,50+,51?,57+,61+/m0/s1. The lowest BCUT2D eigenvalue weighted by Gasteiger charge is -2.62. The number of benzene rings is 5. The van der Waals surface area contributed by atoms with Crippen LogP contribution in [-0.4, -0.2) is 128 Å². The summed E-state index contributed by atoms with van der Waals surface area (Å²) < 4.78 is 48.6. The summed E-state index contributed by atoms with van der Waals surface area (Å²) in [5, 5.41) is 29.3. The number of carbonyl (C=O) groups is 4. The van der Waals surface area contributed by atoms with Crippen LogP contribution in [0.25, 0.3) is 11.1 Å². The van der Waals surface area contributed by atoms with Crippen molar-refractivity contribution in [3.63, 3.8) is 0 Å². The van der Waals surface area contributed by atoms with Crippen LogP contribution in [0.2, 0.25) is 0 Å². The number of fused-ring (bicyclic) bond motifs is 12. The Morgan fingerprint density at radius 3 is 2.42 bits per heavy atom. The van der Waals surface area contributed by atoms with Crippen LogP contribution in [-0.2, 0) is 42.2 Å². The molecule has 81 heavy (non-hydrogen) atoms. The molecule has 0 aromatic heterocycles. The maximum Gasteiger partial charge on any atom is 0.408 e. The fraction of sp³-hybridized carbons (Fsp3) is 0.393. The maximum absolute atomic E-state index is 15.4. The summed E-state index contributed by atoms with van der Waals surface area (Å²) >= 11 is 2.94. The Balaban J connectivity index is 0.919. The molecule has 2 unspecified atom stereocenters. The highest BCUT2D eigenvalue weighted by atomic mass is 32.2. The molecule has 8 aliphatic rings. The number of rotatable bonds is 12. The first-order chi connectivity index (χ1) is 39.2. The van der Waals surface area contributed by atoms with Gasteiger partial charge in [0.15, 0.2) is 40.0 Å². The average molecular weight is 1140 g/mol. The molecule has 18 nitrogen and oxygen atoms in total. The number of ether oxygens (including phenoxy) is 8. The molecule has 20 heteroatoms. The van der Waals surface area contributed by atoms with Crippen LogP contribution < -0.4 is 39.1 Å². The van der Waals surface area contributed by atoms with Crippen LogP contribution >= 0.6 is 23.5 Å². The third-order valence-electron chi connectivity index (χ3n) is 17.1. The van der Waals surface area contributed by atoms with Gasteiger partial charge < -0.3 is 48.3 Å². The largest absolute Gasteiger partial charge is 0.504 e. The van der Waals surface area contributed by atoms with Crippen LogP contribution in [0.1, 0.15) is 85.8 Å². The van der Waals surface area contributed by atoms with Crippen molar-refractivity contribution >= 4 is 47.5 Å². The van der Waals surface area contributed by atoms with Gasteiger partial charge in [-0.15, -0.1) is 11.8 Å². The normalized spacial score (nSPS) is 24.1. The van der Waals surface area contributed by atoms with Gasteiger partial charge >= 0.3 is 24.0 Å². The number of alkyl carbamates (subject to hydrolysis) is 1. The highest BCUT2D eigenvalue weighted by Crippen LogP contribution is 2.65. The van der Waals surface area contributed by atoms with Gasteiger partial charge in [0.1, 0.15) is 31.0 Å². The minimum Gasteiger partial charge on any atom is -0.504 e. The van der Waals surface area contributed by atoms with E-state index in [1.54, 1.807) is 12.1 Å². The van der Waals surface area contributed by atoms with Gasteiger partial charge in [-0.2, -0.15) is 17.0 Å².